The van der Waals surface area contributed by atoms with Crippen molar-refractivity contribution in [2.24, 2.45) is 0 Å². The van der Waals surface area contributed by atoms with E-state index in [2.05, 4.69) is 0 Å². The van der Waals surface area contributed by atoms with Crippen molar-refractivity contribution in [2.45, 2.75) is 39.1 Å². The van der Waals surface area contributed by atoms with E-state index in [9.17, 15) is 4.79 Å². The van der Waals surface area contributed by atoms with Crippen LogP contribution < -0.4 is 0 Å². The highest BCUT2D eigenvalue weighted by Gasteiger charge is 2.21. The molecule has 1 heterocycles. The Balaban J connectivity index is 3.45. The van der Waals surface area contributed by atoms with Crippen LogP contribution in [0, 0.1) is 0 Å². The van der Waals surface area contributed by atoms with Gasteiger partial charge in [0.15, 0.2) is 0 Å². The average Bonchev–Trinajstić information content (AvgIpc) is 2.22. The molecular weight excluding hydrogens is 166 g/mol. The molecule has 0 aromatic rings. The molecule has 0 spiro atoms. The zero-order chi connectivity index (χ0) is 17.0. The van der Waals surface area contributed by atoms with Crippen molar-refractivity contribution < 1.29 is 20.5 Å². The maximum absolute atomic E-state index is 12.0. The molecule has 3 nitrogen and oxygen atoms in total. The maximum Gasteiger partial charge on any atom is 0.414 e. The number of allylic oxidation sites excluding steroid dienone is 1. The van der Waals surface area contributed by atoms with Gasteiger partial charge in [0.1, 0.15) is 5.60 Å². The number of hydrogen-bond donors (Lipinski definition) is 0. The van der Waals surface area contributed by atoms with Gasteiger partial charge in [0.2, 0.25) is 0 Å². The second-order valence-electron chi connectivity index (χ2n) is 3.41. The third-order valence-corrected chi connectivity index (χ3v) is 1.04. The minimum atomic E-state index is -3.22. The summed E-state index contributed by atoms with van der Waals surface area (Å²) in [5.41, 5.74) is -1.02. The summed E-state index contributed by atoms with van der Waals surface area (Å²) in [6, 6.07) is -1.12. The Labute approximate surface area is 90.6 Å². The lowest BCUT2D eigenvalue weighted by Crippen LogP contribution is -2.35. The Morgan fingerprint density at radius 1 is 1.69 bits per heavy atom. The molecule has 0 N–H and O–H groups in total. The lowest BCUT2D eigenvalue weighted by Gasteiger charge is -2.26. The number of amides is 1. The SMILES string of the molecule is [2H]C1=C([2H])C([2H])([2H])C([2H])([2H])C([2H])([2H])N1C(=O)OC(C)(C)C. The van der Waals surface area contributed by atoms with E-state index in [0.29, 0.717) is 0 Å². The summed E-state index contributed by atoms with van der Waals surface area (Å²) in [6.45, 7) is 1.34. The molecule has 1 aliphatic heterocycles. The highest BCUT2D eigenvalue weighted by atomic mass is 16.6. The van der Waals surface area contributed by atoms with Crippen molar-refractivity contribution in [3.63, 3.8) is 0 Å². The second-order valence-corrected chi connectivity index (χ2v) is 3.41. The van der Waals surface area contributed by atoms with Crippen molar-refractivity contribution >= 4 is 6.09 Å². The summed E-state index contributed by atoms with van der Waals surface area (Å²) < 4.78 is 65.9. The fourth-order valence-corrected chi connectivity index (χ4v) is 0.626. The lowest BCUT2D eigenvalue weighted by atomic mass is 10.2. The van der Waals surface area contributed by atoms with Crippen LogP contribution in [0.25, 0.3) is 0 Å². The molecule has 74 valence electrons. The van der Waals surface area contributed by atoms with Gasteiger partial charge in [0, 0.05) is 20.9 Å². The molecule has 0 aromatic carbocycles. The molecule has 1 amide bonds. The van der Waals surface area contributed by atoms with Gasteiger partial charge in [-0.2, -0.15) is 0 Å². The topological polar surface area (TPSA) is 29.5 Å². The highest BCUT2D eigenvalue weighted by Crippen LogP contribution is 2.13. The summed E-state index contributed by atoms with van der Waals surface area (Å²) in [7, 11) is 0. The van der Waals surface area contributed by atoms with Crippen molar-refractivity contribution in [3.05, 3.63) is 12.2 Å². The van der Waals surface area contributed by atoms with Gasteiger partial charge < -0.3 is 4.74 Å². The first-order chi connectivity index (χ1) is 9.07. The van der Waals surface area contributed by atoms with Crippen LogP contribution in [0.1, 0.15) is 44.5 Å². The smallest absolute Gasteiger partial charge is 0.414 e. The van der Waals surface area contributed by atoms with E-state index in [4.69, 9.17) is 15.7 Å². The van der Waals surface area contributed by atoms with Gasteiger partial charge in [0.05, 0.1) is 2.74 Å². The molecule has 0 bridgehead atoms. The normalized spacial score (nSPS) is 39.5. The van der Waals surface area contributed by atoms with Gasteiger partial charge in [-0.3, -0.25) is 4.90 Å². The van der Waals surface area contributed by atoms with Crippen molar-refractivity contribution in [2.75, 3.05) is 6.50 Å². The van der Waals surface area contributed by atoms with Crippen LogP contribution in [0.4, 0.5) is 4.79 Å². The first-order valence-corrected chi connectivity index (χ1v) is 3.78. The van der Waals surface area contributed by atoms with Crippen molar-refractivity contribution in [3.8, 4) is 0 Å². The van der Waals surface area contributed by atoms with Crippen molar-refractivity contribution in [1.29, 1.82) is 0 Å². The first-order valence-electron chi connectivity index (χ1n) is 7.78. The van der Waals surface area contributed by atoms with E-state index in [1.165, 1.54) is 20.8 Å². The molecule has 0 saturated heterocycles. The van der Waals surface area contributed by atoms with Crippen LogP contribution in [0.2, 0.25) is 0 Å². The maximum atomic E-state index is 12.0. The zero-order valence-corrected chi connectivity index (χ0v) is 7.76. The number of nitrogens with zero attached hydrogens (tertiary/aromatic N) is 1. The summed E-state index contributed by atoms with van der Waals surface area (Å²) in [5, 5.41) is 0. The summed E-state index contributed by atoms with van der Waals surface area (Å²) in [5.74, 6) is 0. The number of rotatable bonds is 0. The summed E-state index contributed by atoms with van der Waals surface area (Å²) in [6.07, 6.45) is -8.68. The molecule has 0 saturated carbocycles. The highest BCUT2D eigenvalue weighted by molar-refractivity contribution is 5.69. The predicted octanol–water partition coefficient (Wildman–Crippen LogP) is 2.53. The second kappa shape index (κ2) is 3.81. The molecule has 0 unspecified atom stereocenters. The summed E-state index contributed by atoms with van der Waals surface area (Å²) in [4.78, 5) is 12.1. The van der Waals surface area contributed by atoms with Crippen LogP contribution >= 0.6 is 0 Å². The Kier molecular flexibility index (Phi) is 1.07. The van der Waals surface area contributed by atoms with Gasteiger partial charge in [-0.15, -0.1) is 0 Å². The standard InChI is InChI=1S/C10H17NO2/c1-10(2,3)13-9(12)11-7-5-4-6-8-11/h5,7H,4,6,8H2,1-3H3/i4D2,5D,6D2,7D,8D2. The molecule has 0 fully saturated rings. The van der Waals surface area contributed by atoms with Gasteiger partial charge in [0.25, 0.3) is 0 Å². The molecule has 1 rings (SSSR count). The minimum absolute atomic E-state index is 0.0436. The predicted molar refractivity (Wildman–Crippen MR) is 51.3 cm³/mol. The van der Waals surface area contributed by atoms with Gasteiger partial charge in [-0.05, 0) is 33.5 Å². The van der Waals surface area contributed by atoms with Crippen LogP contribution in [0.3, 0.4) is 0 Å². The molecule has 3 heteroatoms. The average molecular weight is 191 g/mol. The minimum Gasteiger partial charge on any atom is -0.443 e. The van der Waals surface area contributed by atoms with E-state index >= 15 is 0 Å². The third kappa shape index (κ3) is 3.49. The van der Waals surface area contributed by atoms with E-state index in [0.717, 1.165) is 0 Å². The number of ether oxygens (including phenoxy) is 1. The molecule has 0 aliphatic carbocycles. The fourth-order valence-electron chi connectivity index (χ4n) is 0.626. The van der Waals surface area contributed by atoms with Gasteiger partial charge in [-0.25, -0.2) is 4.79 Å². The molecule has 1 aliphatic rings. The summed E-state index contributed by atoms with van der Waals surface area (Å²) >= 11 is 0. The molecule has 0 atom stereocenters. The Hall–Kier alpha value is -0.990. The van der Waals surface area contributed by atoms with Gasteiger partial charge >= 0.3 is 6.09 Å². The van der Waals surface area contributed by atoms with E-state index in [1.807, 2.05) is 0 Å². The lowest BCUT2D eigenvalue weighted by molar-refractivity contribution is 0.0327. The van der Waals surface area contributed by atoms with Crippen LogP contribution in [-0.2, 0) is 4.74 Å². The van der Waals surface area contributed by atoms with Crippen LogP contribution in [0.5, 0.6) is 0 Å². The zero-order valence-electron chi connectivity index (χ0n) is 15.8. The van der Waals surface area contributed by atoms with E-state index in [-0.39, 0.29) is 4.90 Å². The first kappa shape index (κ1) is 3.64. The molecule has 13 heavy (non-hydrogen) atoms. The number of carbonyl (C=O) groups is 1. The van der Waals surface area contributed by atoms with Crippen molar-refractivity contribution in [1.82, 2.24) is 4.90 Å². The quantitative estimate of drug-likeness (QED) is 0.589. The van der Waals surface area contributed by atoms with Crippen LogP contribution in [-0.4, -0.2) is 23.1 Å². The Morgan fingerprint density at radius 3 is 3.00 bits per heavy atom. The molecule has 0 aromatic heterocycles. The number of carbonyl (C=O) groups excluding carboxylic acids is 1. The number of hydrogen-bond acceptors (Lipinski definition) is 2. The van der Waals surface area contributed by atoms with Gasteiger partial charge in [-0.1, -0.05) is 6.05 Å². The largest absolute Gasteiger partial charge is 0.443 e. The van der Waals surface area contributed by atoms with E-state index in [1.54, 1.807) is 0 Å². The fraction of sp³-hybridized carbons (Fsp3) is 0.700. The third-order valence-electron chi connectivity index (χ3n) is 1.04. The monoisotopic (exact) mass is 191 g/mol. The van der Waals surface area contributed by atoms with E-state index < -0.39 is 43.2 Å². The Morgan fingerprint density at radius 2 is 2.38 bits per heavy atom. The Bertz CT molecular complexity index is 494. The molecule has 0 radical (unpaired) electrons. The van der Waals surface area contributed by atoms with Crippen LogP contribution in [0.15, 0.2) is 12.2 Å². The molecular formula is C10H17NO2.